The van der Waals surface area contributed by atoms with E-state index in [1.165, 1.54) is 5.56 Å². The lowest BCUT2D eigenvalue weighted by molar-refractivity contribution is 0.172. The molecular formula is C27H23N3O3. The Hall–Kier alpha value is -4.06. The van der Waals surface area contributed by atoms with Crippen molar-refractivity contribution in [2.24, 2.45) is 0 Å². The fraction of sp³-hybridized carbons (Fsp3) is 0.185. The number of fused-ring (bicyclic) bond motifs is 4. The first-order chi connectivity index (χ1) is 16.3. The van der Waals surface area contributed by atoms with Crippen LogP contribution in [0.15, 0.2) is 72.9 Å². The molecule has 164 valence electrons. The summed E-state index contributed by atoms with van der Waals surface area (Å²) in [7, 11) is 0. The van der Waals surface area contributed by atoms with Crippen LogP contribution in [-0.2, 0) is 6.54 Å². The van der Waals surface area contributed by atoms with Gasteiger partial charge in [-0.3, -0.25) is 0 Å². The van der Waals surface area contributed by atoms with Crippen LogP contribution in [0.5, 0.6) is 17.2 Å². The second-order valence-electron chi connectivity index (χ2n) is 8.02. The molecule has 0 aromatic heterocycles. The Kier molecular flexibility index (Phi) is 4.83. The van der Waals surface area contributed by atoms with Crippen LogP contribution in [0.1, 0.15) is 12.5 Å². The molecule has 3 aliphatic rings. The molecule has 0 atom stereocenters. The third-order valence-electron chi connectivity index (χ3n) is 5.90. The molecule has 0 aliphatic carbocycles. The number of rotatable bonds is 5. The van der Waals surface area contributed by atoms with Gasteiger partial charge in [-0.05, 0) is 42.8 Å². The van der Waals surface area contributed by atoms with E-state index in [2.05, 4.69) is 51.3 Å². The lowest BCUT2D eigenvalue weighted by Gasteiger charge is -2.21. The normalized spacial score (nSPS) is 12.9. The van der Waals surface area contributed by atoms with Gasteiger partial charge >= 0.3 is 0 Å². The van der Waals surface area contributed by atoms with E-state index in [9.17, 15) is 0 Å². The number of pyridine rings is 1. The van der Waals surface area contributed by atoms with Crippen LogP contribution in [-0.4, -0.2) is 34.6 Å². The van der Waals surface area contributed by atoms with E-state index < -0.39 is 0 Å². The predicted octanol–water partition coefficient (Wildman–Crippen LogP) is 5.42. The fourth-order valence-electron chi connectivity index (χ4n) is 4.37. The molecule has 6 rings (SSSR count). The van der Waals surface area contributed by atoms with E-state index in [1.54, 1.807) is 0 Å². The van der Waals surface area contributed by atoms with Gasteiger partial charge in [-0.15, -0.1) is 10.2 Å². The van der Waals surface area contributed by atoms with Crippen molar-refractivity contribution in [2.45, 2.75) is 13.5 Å². The van der Waals surface area contributed by atoms with Crippen molar-refractivity contribution in [3.05, 3.63) is 78.5 Å². The molecule has 0 saturated heterocycles. The first-order valence-electron chi connectivity index (χ1n) is 11.2. The Labute approximate surface area is 191 Å². The Morgan fingerprint density at radius 1 is 0.879 bits per heavy atom. The zero-order chi connectivity index (χ0) is 22.2. The Bertz CT molecular complexity index is 1390. The largest absolute Gasteiger partial charge is 0.494 e. The molecule has 3 aromatic carbocycles. The summed E-state index contributed by atoms with van der Waals surface area (Å²) in [6.07, 6.45) is 2.15. The van der Waals surface area contributed by atoms with Gasteiger partial charge in [-0.1, -0.05) is 30.3 Å². The molecule has 0 N–H and O–H groups in total. The molecule has 0 fully saturated rings. The van der Waals surface area contributed by atoms with Crippen molar-refractivity contribution >= 4 is 10.9 Å². The molecule has 0 saturated carbocycles. The number of aromatic nitrogens is 3. The summed E-state index contributed by atoms with van der Waals surface area (Å²) < 4.78 is 19.6. The quantitative estimate of drug-likeness (QED) is 0.367. The molecule has 0 radical (unpaired) electrons. The molecule has 0 bridgehead atoms. The van der Waals surface area contributed by atoms with Crippen LogP contribution < -0.4 is 14.2 Å². The van der Waals surface area contributed by atoms with Gasteiger partial charge in [0, 0.05) is 35.3 Å². The summed E-state index contributed by atoms with van der Waals surface area (Å²) in [4.78, 5) is 0. The monoisotopic (exact) mass is 437 g/mol. The average Bonchev–Trinajstić information content (AvgIpc) is 3.28. The van der Waals surface area contributed by atoms with E-state index in [0.717, 1.165) is 57.2 Å². The lowest BCUT2D eigenvalue weighted by Crippen LogP contribution is -2.15. The van der Waals surface area contributed by atoms with Crippen LogP contribution in [0.25, 0.3) is 33.4 Å². The summed E-state index contributed by atoms with van der Waals surface area (Å²) in [6, 6.07) is 22.5. The number of ether oxygens (including phenoxy) is 3. The van der Waals surface area contributed by atoms with E-state index >= 15 is 0 Å². The minimum Gasteiger partial charge on any atom is -0.494 e. The van der Waals surface area contributed by atoms with Gasteiger partial charge in [0.2, 0.25) is 0 Å². The van der Waals surface area contributed by atoms with Gasteiger partial charge in [0.25, 0.3) is 0 Å². The van der Waals surface area contributed by atoms with Crippen molar-refractivity contribution in [3.63, 3.8) is 0 Å². The van der Waals surface area contributed by atoms with Crippen molar-refractivity contribution < 1.29 is 14.2 Å². The molecule has 0 unspecified atom stereocenters. The van der Waals surface area contributed by atoms with Gasteiger partial charge in [-0.2, -0.15) is 0 Å². The average molecular weight is 437 g/mol. The third-order valence-corrected chi connectivity index (χ3v) is 5.90. The number of hydrogen-bond donors (Lipinski definition) is 0. The van der Waals surface area contributed by atoms with Crippen LogP contribution in [0, 0.1) is 0 Å². The van der Waals surface area contributed by atoms with Gasteiger partial charge in [-0.25, -0.2) is 0 Å². The molecule has 3 aromatic rings. The molecule has 3 heterocycles. The molecule has 0 spiro atoms. The molecule has 0 amide bonds. The van der Waals surface area contributed by atoms with Crippen LogP contribution >= 0.6 is 0 Å². The summed E-state index contributed by atoms with van der Waals surface area (Å²) in [5, 5.41) is 10.2. The van der Waals surface area contributed by atoms with Crippen molar-refractivity contribution in [3.8, 4) is 39.8 Å². The molecule has 6 nitrogen and oxygen atoms in total. The molecule has 33 heavy (non-hydrogen) atoms. The van der Waals surface area contributed by atoms with Crippen molar-refractivity contribution in [2.75, 3.05) is 19.8 Å². The summed E-state index contributed by atoms with van der Waals surface area (Å²) >= 11 is 0. The van der Waals surface area contributed by atoms with Crippen LogP contribution in [0.2, 0.25) is 0 Å². The second kappa shape index (κ2) is 8.13. The molecule has 6 heteroatoms. The van der Waals surface area contributed by atoms with E-state index in [1.807, 2.05) is 43.3 Å². The maximum absolute atomic E-state index is 5.87. The maximum Gasteiger partial charge on any atom is 0.163 e. The summed E-state index contributed by atoms with van der Waals surface area (Å²) in [5.74, 6) is 2.36. The van der Waals surface area contributed by atoms with E-state index in [4.69, 9.17) is 14.2 Å². The first-order valence-corrected chi connectivity index (χ1v) is 11.2. The zero-order valence-corrected chi connectivity index (χ0v) is 18.3. The zero-order valence-electron chi connectivity index (χ0n) is 18.3. The topological polar surface area (TPSA) is 58.4 Å². The molecular weight excluding hydrogens is 414 g/mol. The van der Waals surface area contributed by atoms with Crippen molar-refractivity contribution in [1.29, 1.82) is 0 Å². The standard InChI is InChI=1S/C27H23N3O3/c1-2-31-20-10-8-19(9-11-20)26-22-17-30(16-18-6-4-3-5-7-18)23-15-25-24(32-12-13-33-25)14-21(23)27(22)29-28-26/h3-11,14-15,17H,2,12-13,16H2,1H3. The second-order valence-corrected chi connectivity index (χ2v) is 8.02. The highest BCUT2D eigenvalue weighted by Crippen LogP contribution is 2.42. The maximum atomic E-state index is 5.87. The molecule has 3 aliphatic heterocycles. The Morgan fingerprint density at radius 2 is 1.61 bits per heavy atom. The number of benzene rings is 3. The number of nitrogens with zero attached hydrogens (tertiary/aromatic N) is 3. The minimum absolute atomic E-state index is 0.544. The fourth-order valence-corrected chi connectivity index (χ4v) is 4.37. The predicted molar refractivity (Wildman–Crippen MR) is 127 cm³/mol. The van der Waals surface area contributed by atoms with Crippen LogP contribution in [0.3, 0.4) is 0 Å². The lowest BCUT2D eigenvalue weighted by atomic mass is 10.0. The minimum atomic E-state index is 0.544. The summed E-state index contributed by atoms with van der Waals surface area (Å²) in [5.41, 5.74) is 5.96. The Morgan fingerprint density at radius 3 is 2.36 bits per heavy atom. The van der Waals surface area contributed by atoms with Gasteiger partial charge in [0.05, 0.1) is 12.1 Å². The highest BCUT2D eigenvalue weighted by atomic mass is 16.6. The third kappa shape index (κ3) is 3.53. The number of hydrogen-bond acceptors (Lipinski definition) is 5. The highest BCUT2D eigenvalue weighted by molar-refractivity contribution is 5.99. The van der Waals surface area contributed by atoms with Gasteiger partial charge < -0.3 is 18.8 Å². The Balaban J connectivity index is 1.54. The van der Waals surface area contributed by atoms with E-state index in [-0.39, 0.29) is 0 Å². The summed E-state index contributed by atoms with van der Waals surface area (Å²) in [6.45, 7) is 4.44. The van der Waals surface area contributed by atoms with Crippen molar-refractivity contribution in [1.82, 2.24) is 14.8 Å². The highest BCUT2D eigenvalue weighted by Gasteiger charge is 2.23. The van der Waals surface area contributed by atoms with Crippen LogP contribution in [0.4, 0.5) is 0 Å². The SMILES string of the molecule is CCOc1ccc(-c2nnc3c4cc5c(cc4n(Cc4ccccc4)cc2-3)OCCO5)cc1. The smallest absolute Gasteiger partial charge is 0.163 e. The van der Waals surface area contributed by atoms with Gasteiger partial charge in [0.15, 0.2) is 11.5 Å². The first kappa shape index (κ1) is 19.6. The van der Waals surface area contributed by atoms with Gasteiger partial charge in [0.1, 0.15) is 30.4 Å². The van der Waals surface area contributed by atoms with E-state index in [0.29, 0.717) is 19.8 Å².